The lowest BCUT2D eigenvalue weighted by atomic mass is 10.1. The van der Waals surface area contributed by atoms with Gasteiger partial charge in [-0.25, -0.2) is 13.1 Å². The van der Waals surface area contributed by atoms with Crippen molar-refractivity contribution in [2.24, 2.45) is 0 Å². The first-order valence-corrected chi connectivity index (χ1v) is 10.8. The summed E-state index contributed by atoms with van der Waals surface area (Å²) in [7, 11) is -1.98. The zero-order valence-corrected chi connectivity index (χ0v) is 16.3. The molecule has 2 N–H and O–H groups in total. The SMILES string of the molecule is COc1ccc(S(=O)(=O)NC2Cc3ccccc3C2)cc1N1CCNCC1. The van der Waals surface area contributed by atoms with Gasteiger partial charge in [-0.15, -0.1) is 0 Å². The Morgan fingerprint density at radius 1 is 1.07 bits per heavy atom. The van der Waals surface area contributed by atoms with Gasteiger partial charge in [0.15, 0.2) is 0 Å². The van der Waals surface area contributed by atoms with Crippen molar-refractivity contribution in [2.45, 2.75) is 23.8 Å². The fourth-order valence-corrected chi connectivity index (χ4v) is 5.18. The lowest BCUT2D eigenvalue weighted by molar-refractivity contribution is 0.412. The van der Waals surface area contributed by atoms with Gasteiger partial charge in [-0.1, -0.05) is 24.3 Å². The highest BCUT2D eigenvalue weighted by Gasteiger charge is 2.27. The van der Waals surface area contributed by atoms with E-state index in [0.717, 1.165) is 44.7 Å². The zero-order chi connectivity index (χ0) is 18.9. The van der Waals surface area contributed by atoms with Crippen molar-refractivity contribution in [1.82, 2.24) is 10.0 Å². The molecule has 27 heavy (non-hydrogen) atoms. The number of ether oxygens (including phenoxy) is 1. The van der Waals surface area contributed by atoms with E-state index in [1.54, 1.807) is 25.3 Å². The van der Waals surface area contributed by atoms with Crippen molar-refractivity contribution in [3.63, 3.8) is 0 Å². The van der Waals surface area contributed by atoms with Crippen LogP contribution in [0.5, 0.6) is 5.75 Å². The van der Waals surface area contributed by atoms with Crippen LogP contribution in [-0.4, -0.2) is 47.7 Å². The smallest absolute Gasteiger partial charge is 0.240 e. The summed E-state index contributed by atoms with van der Waals surface area (Å²) in [6.07, 6.45) is 1.46. The fourth-order valence-electron chi connectivity index (χ4n) is 3.92. The van der Waals surface area contributed by atoms with Crippen LogP contribution < -0.4 is 19.7 Å². The monoisotopic (exact) mass is 387 g/mol. The third-order valence-corrected chi connectivity index (χ3v) is 6.81. The van der Waals surface area contributed by atoms with E-state index in [4.69, 9.17) is 4.74 Å². The molecule has 4 rings (SSSR count). The van der Waals surface area contributed by atoms with E-state index in [1.807, 2.05) is 12.1 Å². The standard InChI is InChI=1S/C20H25N3O3S/c1-26-20-7-6-18(14-19(20)23-10-8-21-9-11-23)27(24,25)22-17-12-15-4-2-3-5-16(15)13-17/h2-7,14,17,21-22H,8-13H2,1H3. The predicted molar refractivity (Wildman–Crippen MR) is 106 cm³/mol. The van der Waals surface area contributed by atoms with Gasteiger partial charge in [0.05, 0.1) is 17.7 Å². The summed E-state index contributed by atoms with van der Waals surface area (Å²) in [5.74, 6) is 0.698. The first-order valence-electron chi connectivity index (χ1n) is 9.29. The van der Waals surface area contributed by atoms with Gasteiger partial charge in [0, 0.05) is 32.2 Å². The molecule has 0 aromatic heterocycles. The molecule has 2 aromatic carbocycles. The Hall–Kier alpha value is -2.09. The number of anilines is 1. The first kappa shape index (κ1) is 18.3. The number of hydrogen-bond acceptors (Lipinski definition) is 5. The van der Waals surface area contributed by atoms with Crippen LogP contribution in [-0.2, 0) is 22.9 Å². The van der Waals surface area contributed by atoms with Gasteiger partial charge in [-0.3, -0.25) is 0 Å². The number of nitrogens with zero attached hydrogens (tertiary/aromatic N) is 1. The Labute approximate surface area is 160 Å². The highest BCUT2D eigenvalue weighted by atomic mass is 32.2. The van der Waals surface area contributed by atoms with Crippen molar-refractivity contribution < 1.29 is 13.2 Å². The molecule has 0 unspecified atom stereocenters. The van der Waals surface area contributed by atoms with E-state index in [-0.39, 0.29) is 10.9 Å². The molecule has 1 fully saturated rings. The highest BCUT2D eigenvalue weighted by molar-refractivity contribution is 7.89. The summed E-state index contributed by atoms with van der Waals surface area (Å²) < 4.78 is 34.3. The molecule has 7 heteroatoms. The molecule has 0 amide bonds. The molecular formula is C20H25N3O3S. The zero-order valence-electron chi connectivity index (χ0n) is 15.4. The van der Waals surface area contributed by atoms with Gasteiger partial charge in [0.25, 0.3) is 0 Å². The topological polar surface area (TPSA) is 70.7 Å². The Bertz CT molecular complexity index is 899. The Balaban J connectivity index is 1.56. The minimum atomic E-state index is -3.60. The van der Waals surface area contributed by atoms with Crippen LogP contribution in [0, 0.1) is 0 Å². The van der Waals surface area contributed by atoms with Gasteiger partial charge in [-0.2, -0.15) is 0 Å². The minimum absolute atomic E-state index is 0.0999. The molecule has 0 spiro atoms. The molecule has 0 bridgehead atoms. The van der Waals surface area contributed by atoms with E-state index in [2.05, 4.69) is 27.1 Å². The quantitative estimate of drug-likeness (QED) is 0.815. The van der Waals surface area contributed by atoms with E-state index in [1.165, 1.54) is 11.1 Å². The maximum atomic E-state index is 13.0. The van der Waals surface area contributed by atoms with Crippen LogP contribution in [0.25, 0.3) is 0 Å². The van der Waals surface area contributed by atoms with Crippen LogP contribution in [0.4, 0.5) is 5.69 Å². The second-order valence-corrected chi connectivity index (χ2v) is 8.78. The highest BCUT2D eigenvalue weighted by Crippen LogP contribution is 2.32. The van der Waals surface area contributed by atoms with Crippen molar-refractivity contribution in [3.05, 3.63) is 53.6 Å². The Kier molecular flexibility index (Phi) is 5.08. The van der Waals surface area contributed by atoms with E-state index in [0.29, 0.717) is 5.75 Å². The predicted octanol–water partition coefficient (Wildman–Crippen LogP) is 1.55. The molecule has 1 saturated heterocycles. The number of hydrogen-bond donors (Lipinski definition) is 2. The summed E-state index contributed by atoms with van der Waals surface area (Å²) in [5.41, 5.74) is 3.28. The molecule has 1 heterocycles. The number of fused-ring (bicyclic) bond motifs is 1. The van der Waals surface area contributed by atoms with Gasteiger partial charge in [0.2, 0.25) is 10.0 Å². The fraction of sp³-hybridized carbons (Fsp3) is 0.400. The number of methoxy groups -OCH3 is 1. The van der Waals surface area contributed by atoms with Crippen molar-refractivity contribution in [1.29, 1.82) is 0 Å². The third-order valence-electron chi connectivity index (χ3n) is 5.29. The maximum Gasteiger partial charge on any atom is 0.240 e. The molecule has 0 radical (unpaired) electrons. The molecule has 2 aromatic rings. The summed E-state index contributed by atoms with van der Waals surface area (Å²) in [6.45, 7) is 3.40. The normalized spacial score (nSPS) is 17.7. The molecule has 1 aliphatic carbocycles. The van der Waals surface area contributed by atoms with E-state index >= 15 is 0 Å². The van der Waals surface area contributed by atoms with Crippen molar-refractivity contribution in [3.8, 4) is 5.75 Å². The Morgan fingerprint density at radius 3 is 2.37 bits per heavy atom. The number of nitrogens with one attached hydrogen (secondary N) is 2. The molecule has 144 valence electrons. The molecular weight excluding hydrogens is 362 g/mol. The summed E-state index contributed by atoms with van der Waals surface area (Å²) in [5, 5.41) is 3.31. The maximum absolute atomic E-state index is 13.0. The van der Waals surface area contributed by atoms with Gasteiger partial charge < -0.3 is 15.0 Å². The average molecular weight is 388 g/mol. The summed E-state index contributed by atoms with van der Waals surface area (Å²) in [4.78, 5) is 2.45. The second kappa shape index (κ2) is 7.50. The third kappa shape index (κ3) is 3.81. The first-order chi connectivity index (χ1) is 13.1. The summed E-state index contributed by atoms with van der Waals surface area (Å²) >= 11 is 0. The van der Waals surface area contributed by atoms with E-state index < -0.39 is 10.0 Å². The van der Waals surface area contributed by atoms with Crippen LogP contribution in [0.2, 0.25) is 0 Å². The van der Waals surface area contributed by atoms with Crippen LogP contribution in [0.3, 0.4) is 0 Å². The molecule has 0 saturated carbocycles. The number of rotatable bonds is 5. The van der Waals surface area contributed by atoms with Gasteiger partial charge >= 0.3 is 0 Å². The molecule has 1 aliphatic heterocycles. The number of piperazine rings is 1. The largest absolute Gasteiger partial charge is 0.495 e. The van der Waals surface area contributed by atoms with Crippen LogP contribution >= 0.6 is 0 Å². The average Bonchev–Trinajstić information content (AvgIpc) is 3.09. The number of sulfonamides is 1. The minimum Gasteiger partial charge on any atom is -0.495 e. The lowest BCUT2D eigenvalue weighted by Gasteiger charge is -2.31. The Morgan fingerprint density at radius 2 is 1.74 bits per heavy atom. The van der Waals surface area contributed by atoms with E-state index in [9.17, 15) is 8.42 Å². The lowest BCUT2D eigenvalue weighted by Crippen LogP contribution is -2.43. The van der Waals surface area contributed by atoms with Crippen LogP contribution in [0.15, 0.2) is 47.4 Å². The van der Waals surface area contributed by atoms with Gasteiger partial charge in [0.1, 0.15) is 5.75 Å². The second-order valence-electron chi connectivity index (χ2n) is 7.07. The molecule has 2 aliphatic rings. The molecule has 0 atom stereocenters. The molecule has 6 nitrogen and oxygen atoms in total. The van der Waals surface area contributed by atoms with Crippen molar-refractivity contribution in [2.75, 3.05) is 38.2 Å². The van der Waals surface area contributed by atoms with Crippen LogP contribution in [0.1, 0.15) is 11.1 Å². The van der Waals surface area contributed by atoms with Gasteiger partial charge in [-0.05, 0) is 42.2 Å². The van der Waals surface area contributed by atoms with Crippen molar-refractivity contribution >= 4 is 15.7 Å². The summed E-state index contributed by atoms with van der Waals surface area (Å²) in [6, 6.07) is 13.1. The number of benzene rings is 2.